The standard InChI is InChI=1S/C22H39N5O3/c1-5-23-22(24-10-11-26(2)12-15-28-3)25-18-21(27-13-16-30-17-14-27)19-6-8-20(29-4)9-7-19/h6-9,21H,5,10-18H2,1-4H3,(H2,23,24,25). The lowest BCUT2D eigenvalue weighted by Crippen LogP contribution is -2.43. The first-order valence-corrected chi connectivity index (χ1v) is 10.8. The highest BCUT2D eigenvalue weighted by molar-refractivity contribution is 5.79. The molecule has 170 valence electrons. The number of nitrogens with one attached hydrogen (secondary N) is 2. The van der Waals surface area contributed by atoms with Crippen molar-refractivity contribution in [2.75, 3.05) is 86.9 Å². The maximum absolute atomic E-state index is 5.55. The molecule has 1 aromatic carbocycles. The van der Waals surface area contributed by atoms with Gasteiger partial charge < -0.3 is 29.7 Å². The van der Waals surface area contributed by atoms with Gasteiger partial charge in [-0.25, -0.2) is 0 Å². The fourth-order valence-corrected chi connectivity index (χ4v) is 3.39. The smallest absolute Gasteiger partial charge is 0.191 e. The number of benzene rings is 1. The second-order valence-electron chi connectivity index (χ2n) is 7.38. The number of likely N-dealkylation sites (N-methyl/N-ethyl adjacent to an activating group) is 1. The van der Waals surface area contributed by atoms with Gasteiger partial charge in [0.15, 0.2) is 5.96 Å². The van der Waals surface area contributed by atoms with E-state index in [-0.39, 0.29) is 6.04 Å². The number of morpholine rings is 1. The van der Waals surface area contributed by atoms with E-state index in [1.807, 2.05) is 12.1 Å². The van der Waals surface area contributed by atoms with E-state index in [0.29, 0.717) is 6.54 Å². The van der Waals surface area contributed by atoms with Crippen LogP contribution in [0.2, 0.25) is 0 Å². The fourth-order valence-electron chi connectivity index (χ4n) is 3.39. The summed E-state index contributed by atoms with van der Waals surface area (Å²) >= 11 is 0. The van der Waals surface area contributed by atoms with E-state index >= 15 is 0 Å². The topological polar surface area (TPSA) is 70.6 Å². The van der Waals surface area contributed by atoms with Gasteiger partial charge in [0.2, 0.25) is 0 Å². The lowest BCUT2D eigenvalue weighted by atomic mass is 10.0. The minimum absolute atomic E-state index is 0.208. The number of aliphatic imine (C=N–C) groups is 1. The number of ether oxygens (including phenoxy) is 3. The van der Waals surface area contributed by atoms with Crippen LogP contribution in [0.4, 0.5) is 0 Å². The molecule has 8 heteroatoms. The van der Waals surface area contributed by atoms with Gasteiger partial charge in [-0.15, -0.1) is 0 Å². The van der Waals surface area contributed by atoms with Crippen LogP contribution in [0.25, 0.3) is 0 Å². The summed E-state index contributed by atoms with van der Waals surface area (Å²) in [5, 5.41) is 6.81. The predicted octanol–water partition coefficient (Wildman–Crippen LogP) is 1.20. The van der Waals surface area contributed by atoms with Crippen molar-refractivity contribution in [2.45, 2.75) is 13.0 Å². The Labute approximate surface area is 181 Å². The molecule has 1 aromatic rings. The van der Waals surface area contributed by atoms with Crippen molar-refractivity contribution in [3.8, 4) is 5.75 Å². The summed E-state index contributed by atoms with van der Waals surface area (Å²) in [4.78, 5) is 9.60. The van der Waals surface area contributed by atoms with Crippen LogP contribution >= 0.6 is 0 Å². The Bertz CT molecular complexity index is 605. The third-order valence-corrected chi connectivity index (χ3v) is 5.22. The van der Waals surface area contributed by atoms with E-state index in [4.69, 9.17) is 19.2 Å². The Morgan fingerprint density at radius 1 is 1.17 bits per heavy atom. The zero-order valence-corrected chi connectivity index (χ0v) is 19.0. The SMILES string of the molecule is CCNC(=NCC(c1ccc(OC)cc1)N1CCOCC1)NCCN(C)CCOC. The summed E-state index contributed by atoms with van der Waals surface area (Å²) in [5.74, 6) is 1.72. The van der Waals surface area contributed by atoms with Crippen LogP contribution in [0.3, 0.4) is 0 Å². The van der Waals surface area contributed by atoms with Crippen molar-refractivity contribution in [1.29, 1.82) is 0 Å². The van der Waals surface area contributed by atoms with E-state index in [2.05, 4.69) is 46.5 Å². The largest absolute Gasteiger partial charge is 0.497 e. The van der Waals surface area contributed by atoms with Crippen molar-refractivity contribution in [3.63, 3.8) is 0 Å². The van der Waals surface area contributed by atoms with E-state index in [0.717, 1.165) is 70.8 Å². The minimum Gasteiger partial charge on any atom is -0.497 e. The zero-order valence-electron chi connectivity index (χ0n) is 19.0. The van der Waals surface area contributed by atoms with Gasteiger partial charge in [-0.1, -0.05) is 12.1 Å². The number of rotatable bonds is 12. The molecule has 2 N–H and O–H groups in total. The molecule has 1 fully saturated rings. The summed E-state index contributed by atoms with van der Waals surface area (Å²) < 4.78 is 16.0. The van der Waals surface area contributed by atoms with Crippen molar-refractivity contribution in [3.05, 3.63) is 29.8 Å². The Morgan fingerprint density at radius 2 is 1.90 bits per heavy atom. The number of hydrogen-bond donors (Lipinski definition) is 2. The first-order valence-electron chi connectivity index (χ1n) is 10.8. The second kappa shape index (κ2) is 14.2. The van der Waals surface area contributed by atoms with Crippen molar-refractivity contribution in [1.82, 2.24) is 20.4 Å². The number of methoxy groups -OCH3 is 2. The van der Waals surface area contributed by atoms with Gasteiger partial charge in [0.05, 0.1) is 39.5 Å². The molecule has 0 bridgehead atoms. The molecule has 1 heterocycles. The summed E-state index contributed by atoms with van der Waals surface area (Å²) in [7, 11) is 5.53. The van der Waals surface area contributed by atoms with Crippen molar-refractivity contribution >= 4 is 5.96 Å². The lowest BCUT2D eigenvalue weighted by Gasteiger charge is -2.34. The van der Waals surface area contributed by atoms with Crippen LogP contribution < -0.4 is 15.4 Å². The molecule has 0 aromatic heterocycles. The third kappa shape index (κ3) is 8.47. The molecule has 0 saturated carbocycles. The first kappa shape index (κ1) is 24.4. The summed E-state index contributed by atoms with van der Waals surface area (Å²) in [6.07, 6.45) is 0. The number of guanidine groups is 1. The Hall–Kier alpha value is -1.87. The van der Waals surface area contributed by atoms with Gasteiger partial charge in [-0.3, -0.25) is 9.89 Å². The summed E-state index contributed by atoms with van der Waals surface area (Å²) in [5.41, 5.74) is 1.25. The monoisotopic (exact) mass is 421 g/mol. The predicted molar refractivity (Wildman–Crippen MR) is 121 cm³/mol. The van der Waals surface area contributed by atoms with Crippen molar-refractivity contribution < 1.29 is 14.2 Å². The lowest BCUT2D eigenvalue weighted by molar-refractivity contribution is 0.0179. The van der Waals surface area contributed by atoms with Gasteiger partial charge >= 0.3 is 0 Å². The molecule has 1 atom stereocenters. The zero-order chi connectivity index (χ0) is 21.6. The second-order valence-corrected chi connectivity index (χ2v) is 7.38. The molecule has 30 heavy (non-hydrogen) atoms. The maximum atomic E-state index is 5.55. The van der Waals surface area contributed by atoms with E-state index in [1.54, 1.807) is 14.2 Å². The minimum atomic E-state index is 0.208. The van der Waals surface area contributed by atoms with Gasteiger partial charge in [-0.2, -0.15) is 0 Å². The van der Waals surface area contributed by atoms with Crippen LogP contribution in [-0.2, 0) is 9.47 Å². The van der Waals surface area contributed by atoms with Crippen LogP contribution in [0.15, 0.2) is 29.3 Å². The highest BCUT2D eigenvalue weighted by atomic mass is 16.5. The molecule has 1 unspecified atom stereocenters. The highest BCUT2D eigenvalue weighted by Gasteiger charge is 2.22. The average Bonchev–Trinajstić information content (AvgIpc) is 2.79. The molecule has 0 amide bonds. The molecule has 1 aliphatic heterocycles. The Morgan fingerprint density at radius 3 is 2.53 bits per heavy atom. The molecule has 0 radical (unpaired) electrons. The van der Waals surface area contributed by atoms with Gasteiger partial charge in [0.25, 0.3) is 0 Å². The number of nitrogens with zero attached hydrogens (tertiary/aromatic N) is 3. The van der Waals surface area contributed by atoms with Gasteiger partial charge in [-0.05, 0) is 31.7 Å². The molecular weight excluding hydrogens is 382 g/mol. The maximum Gasteiger partial charge on any atom is 0.191 e. The molecule has 8 nitrogen and oxygen atoms in total. The summed E-state index contributed by atoms with van der Waals surface area (Å²) in [6, 6.07) is 8.52. The third-order valence-electron chi connectivity index (χ3n) is 5.22. The molecule has 1 saturated heterocycles. The Balaban J connectivity index is 2.01. The van der Waals surface area contributed by atoms with Crippen LogP contribution in [0, 0.1) is 0 Å². The van der Waals surface area contributed by atoms with Crippen molar-refractivity contribution in [2.24, 2.45) is 4.99 Å². The molecular formula is C22H39N5O3. The van der Waals surface area contributed by atoms with Gasteiger partial charge in [0.1, 0.15) is 5.75 Å². The normalized spacial score (nSPS) is 16.5. The molecule has 0 spiro atoms. The molecule has 1 aliphatic rings. The van der Waals surface area contributed by atoms with Crippen LogP contribution in [0.5, 0.6) is 5.75 Å². The van der Waals surface area contributed by atoms with E-state index in [1.165, 1.54) is 5.56 Å². The quantitative estimate of drug-likeness (QED) is 0.388. The fraction of sp³-hybridized carbons (Fsp3) is 0.682. The average molecular weight is 422 g/mol. The molecule has 2 rings (SSSR count). The van der Waals surface area contributed by atoms with Gasteiger partial charge in [0, 0.05) is 46.4 Å². The van der Waals surface area contributed by atoms with E-state index in [9.17, 15) is 0 Å². The first-order chi connectivity index (χ1) is 14.7. The number of hydrogen-bond acceptors (Lipinski definition) is 6. The van der Waals surface area contributed by atoms with Crippen LogP contribution in [0.1, 0.15) is 18.5 Å². The summed E-state index contributed by atoms with van der Waals surface area (Å²) in [6.45, 7) is 10.4. The highest BCUT2D eigenvalue weighted by Crippen LogP contribution is 2.24. The Kier molecular flexibility index (Phi) is 11.5. The van der Waals surface area contributed by atoms with E-state index < -0.39 is 0 Å². The van der Waals surface area contributed by atoms with Crippen LogP contribution in [-0.4, -0.2) is 103 Å². The molecule has 0 aliphatic carbocycles.